The van der Waals surface area contributed by atoms with Crippen molar-refractivity contribution in [1.29, 1.82) is 0 Å². The molecule has 1 aliphatic heterocycles. The van der Waals surface area contributed by atoms with E-state index in [2.05, 4.69) is 0 Å². The van der Waals surface area contributed by atoms with Crippen LogP contribution in [0.15, 0.2) is 36.4 Å². The highest BCUT2D eigenvalue weighted by molar-refractivity contribution is 6.52. The zero-order valence-electron chi connectivity index (χ0n) is 10.6. The smallest absolute Gasteiger partial charge is 0.299 e. The van der Waals surface area contributed by atoms with Gasteiger partial charge in [0, 0.05) is 10.0 Å². The predicted octanol–water partition coefficient (Wildman–Crippen LogP) is 3.86. The van der Waals surface area contributed by atoms with Gasteiger partial charge in [-0.2, -0.15) is 0 Å². The number of ketones is 1. The molecule has 0 aliphatic carbocycles. The van der Waals surface area contributed by atoms with Gasteiger partial charge in [-0.15, -0.1) is 0 Å². The van der Waals surface area contributed by atoms with E-state index in [1.807, 2.05) is 0 Å². The average molecular weight is 324 g/mol. The minimum Gasteiger partial charge on any atom is -0.300 e. The van der Waals surface area contributed by atoms with E-state index in [1.54, 1.807) is 18.2 Å². The van der Waals surface area contributed by atoms with E-state index in [0.717, 1.165) is 6.07 Å². The lowest BCUT2D eigenvalue weighted by atomic mass is 10.1. The Hall–Kier alpha value is -1.91. The van der Waals surface area contributed by atoms with Crippen LogP contribution in [0, 0.1) is 5.82 Å². The summed E-state index contributed by atoms with van der Waals surface area (Å²) < 4.78 is 13.4. The van der Waals surface area contributed by atoms with Crippen LogP contribution in [-0.4, -0.2) is 11.7 Å². The zero-order chi connectivity index (χ0) is 15.1. The van der Waals surface area contributed by atoms with Gasteiger partial charge in [-0.1, -0.05) is 29.3 Å². The van der Waals surface area contributed by atoms with Crippen molar-refractivity contribution in [2.45, 2.75) is 6.54 Å². The predicted molar refractivity (Wildman–Crippen MR) is 78.4 cm³/mol. The molecule has 1 heterocycles. The van der Waals surface area contributed by atoms with Gasteiger partial charge in [0.05, 0.1) is 17.8 Å². The first-order chi connectivity index (χ1) is 9.97. The number of halogens is 3. The Morgan fingerprint density at radius 3 is 2.52 bits per heavy atom. The van der Waals surface area contributed by atoms with Gasteiger partial charge in [0.25, 0.3) is 11.7 Å². The van der Waals surface area contributed by atoms with E-state index in [1.165, 1.54) is 17.0 Å². The molecule has 6 heteroatoms. The fourth-order valence-corrected chi connectivity index (χ4v) is 2.71. The summed E-state index contributed by atoms with van der Waals surface area (Å²) in [5.41, 5.74) is 1.09. The summed E-state index contributed by atoms with van der Waals surface area (Å²) in [6.45, 7) is 0.0804. The number of carbonyl (C=O) groups excluding carboxylic acids is 2. The number of carbonyl (C=O) groups is 2. The Morgan fingerprint density at radius 2 is 1.81 bits per heavy atom. The number of anilines is 1. The van der Waals surface area contributed by atoms with Gasteiger partial charge in [-0.25, -0.2) is 4.39 Å². The lowest BCUT2D eigenvalue weighted by molar-refractivity contribution is -0.114. The minimum absolute atomic E-state index is 0.0804. The van der Waals surface area contributed by atoms with Crippen LogP contribution in [0.5, 0.6) is 0 Å². The molecule has 0 spiro atoms. The Kier molecular flexibility index (Phi) is 3.43. The van der Waals surface area contributed by atoms with Crippen molar-refractivity contribution < 1.29 is 14.0 Å². The average Bonchev–Trinajstić information content (AvgIpc) is 2.66. The molecule has 0 unspecified atom stereocenters. The van der Waals surface area contributed by atoms with Crippen LogP contribution < -0.4 is 4.90 Å². The maximum atomic E-state index is 13.4. The lowest BCUT2D eigenvalue weighted by Gasteiger charge is -2.17. The third kappa shape index (κ3) is 2.41. The molecule has 0 radical (unpaired) electrons. The summed E-state index contributed by atoms with van der Waals surface area (Å²) >= 11 is 11.9. The number of amides is 1. The molecule has 106 valence electrons. The molecular weight excluding hydrogens is 316 g/mol. The van der Waals surface area contributed by atoms with Crippen LogP contribution in [0.2, 0.25) is 10.0 Å². The molecule has 2 aromatic rings. The molecule has 0 aromatic heterocycles. The number of fused-ring (bicyclic) bond motifs is 1. The molecular formula is C15H8Cl2FNO2. The van der Waals surface area contributed by atoms with Crippen LogP contribution in [0.1, 0.15) is 15.9 Å². The van der Waals surface area contributed by atoms with Gasteiger partial charge in [-0.3, -0.25) is 9.59 Å². The molecule has 0 saturated carbocycles. The summed E-state index contributed by atoms with van der Waals surface area (Å²) in [6, 6.07) is 8.49. The molecule has 3 rings (SSSR count). The van der Waals surface area contributed by atoms with Gasteiger partial charge in [0.1, 0.15) is 5.82 Å². The highest BCUT2D eigenvalue weighted by Crippen LogP contribution is 2.32. The number of Topliss-reactive ketones (excluding diaryl/α,β-unsaturated/α-hetero) is 1. The van der Waals surface area contributed by atoms with Crippen molar-refractivity contribution in [2.24, 2.45) is 0 Å². The van der Waals surface area contributed by atoms with Crippen LogP contribution in [-0.2, 0) is 11.3 Å². The first-order valence-electron chi connectivity index (χ1n) is 6.07. The van der Waals surface area contributed by atoms with Crippen LogP contribution in [0.25, 0.3) is 0 Å². The van der Waals surface area contributed by atoms with Crippen molar-refractivity contribution in [3.05, 3.63) is 63.4 Å². The second kappa shape index (κ2) is 5.13. The van der Waals surface area contributed by atoms with E-state index in [-0.39, 0.29) is 17.8 Å². The third-order valence-electron chi connectivity index (χ3n) is 3.28. The molecule has 1 amide bonds. The van der Waals surface area contributed by atoms with Crippen LogP contribution >= 0.6 is 23.2 Å². The summed E-state index contributed by atoms with van der Waals surface area (Å²) in [4.78, 5) is 25.1. The largest absolute Gasteiger partial charge is 0.300 e. The molecule has 0 saturated heterocycles. The van der Waals surface area contributed by atoms with Gasteiger partial charge < -0.3 is 4.90 Å². The maximum Gasteiger partial charge on any atom is 0.299 e. The Morgan fingerprint density at radius 1 is 1.05 bits per heavy atom. The number of benzene rings is 2. The highest BCUT2D eigenvalue weighted by atomic mass is 35.5. The van der Waals surface area contributed by atoms with Gasteiger partial charge in [-0.05, 0) is 35.9 Å². The number of hydrogen-bond acceptors (Lipinski definition) is 2. The van der Waals surface area contributed by atoms with E-state index in [9.17, 15) is 14.0 Å². The molecule has 2 aromatic carbocycles. The van der Waals surface area contributed by atoms with Crippen molar-refractivity contribution in [3.8, 4) is 0 Å². The normalized spacial score (nSPS) is 13.8. The quantitative estimate of drug-likeness (QED) is 0.787. The van der Waals surface area contributed by atoms with Crippen molar-refractivity contribution >= 4 is 40.6 Å². The zero-order valence-corrected chi connectivity index (χ0v) is 12.1. The minimum atomic E-state index is -0.693. The number of nitrogens with zero attached hydrogens (tertiary/aromatic N) is 1. The molecule has 1 aliphatic rings. The van der Waals surface area contributed by atoms with Crippen LogP contribution in [0.3, 0.4) is 0 Å². The van der Waals surface area contributed by atoms with Crippen molar-refractivity contribution in [2.75, 3.05) is 4.90 Å². The van der Waals surface area contributed by atoms with E-state index >= 15 is 0 Å². The van der Waals surface area contributed by atoms with Gasteiger partial charge in [0.15, 0.2) is 0 Å². The highest BCUT2D eigenvalue weighted by Gasteiger charge is 2.36. The second-order valence-corrected chi connectivity index (χ2v) is 5.46. The van der Waals surface area contributed by atoms with E-state index < -0.39 is 17.5 Å². The Bertz CT molecular complexity index is 776. The monoisotopic (exact) mass is 323 g/mol. The summed E-state index contributed by atoms with van der Waals surface area (Å²) in [5, 5.41) is 0.853. The topological polar surface area (TPSA) is 37.4 Å². The second-order valence-electron chi connectivity index (χ2n) is 4.62. The fourth-order valence-electron chi connectivity index (χ4n) is 2.24. The molecule has 21 heavy (non-hydrogen) atoms. The number of hydrogen-bond donors (Lipinski definition) is 0. The first-order valence-corrected chi connectivity index (χ1v) is 6.82. The molecule has 0 fully saturated rings. The van der Waals surface area contributed by atoms with E-state index in [0.29, 0.717) is 15.6 Å². The lowest BCUT2D eigenvalue weighted by Crippen LogP contribution is -2.29. The molecule has 0 atom stereocenters. The summed E-state index contributed by atoms with van der Waals surface area (Å²) in [6.07, 6.45) is 0. The SMILES string of the molecule is O=C1C(=O)N(Cc2ccc(Cl)cc2Cl)c2cc(F)ccc21. The van der Waals surface area contributed by atoms with Gasteiger partial charge in [0.2, 0.25) is 0 Å². The number of rotatable bonds is 2. The standard InChI is InChI=1S/C15H8Cl2FNO2/c16-9-2-1-8(12(17)5-9)7-19-13-6-10(18)3-4-11(13)14(20)15(19)21/h1-6H,7H2. The Balaban J connectivity index is 2.02. The van der Waals surface area contributed by atoms with E-state index in [4.69, 9.17) is 23.2 Å². The summed E-state index contributed by atoms with van der Waals surface area (Å²) in [5.74, 6) is -1.85. The molecule has 0 N–H and O–H groups in total. The van der Waals surface area contributed by atoms with Crippen molar-refractivity contribution in [3.63, 3.8) is 0 Å². The third-order valence-corrected chi connectivity index (χ3v) is 3.87. The first kappa shape index (κ1) is 14.0. The molecule has 3 nitrogen and oxygen atoms in total. The molecule has 0 bridgehead atoms. The maximum absolute atomic E-state index is 13.4. The van der Waals surface area contributed by atoms with Crippen LogP contribution in [0.4, 0.5) is 10.1 Å². The van der Waals surface area contributed by atoms with Crippen molar-refractivity contribution in [1.82, 2.24) is 0 Å². The fraction of sp³-hybridized carbons (Fsp3) is 0.0667. The Labute approximate surface area is 129 Å². The van der Waals surface area contributed by atoms with Gasteiger partial charge >= 0.3 is 0 Å². The summed E-state index contributed by atoms with van der Waals surface area (Å²) in [7, 11) is 0.